The van der Waals surface area contributed by atoms with Crippen LogP contribution in [0.15, 0.2) is 51.9 Å². The summed E-state index contributed by atoms with van der Waals surface area (Å²) in [6.45, 7) is 9.02. The number of benzene rings is 2. The van der Waals surface area contributed by atoms with Crippen molar-refractivity contribution in [1.29, 1.82) is 0 Å². The number of aromatic nitrogens is 3. The molecule has 0 aliphatic carbocycles. The van der Waals surface area contributed by atoms with Gasteiger partial charge in [-0.25, -0.2) is 0 Å². The summed E-state index contributed by atoms with van der Waals surface area (Å²) in [7, 11) is 0. The number of hydrogen-bond donors (Lipinski definition) is 0. The van der Waals surface area contributed by atoms with Crippen LogP contribution in [0.3, 0.4) is 0 Å². The lowest BCUT2D eigenvalue weighted by Gasteiger charge is -2.11. The lowest BCUT2D eigenvalue weighted by atomic mass is 10.1. The van der Waals surface area contributed by atoms with Crippen LogP contribution in [0.4, 0.5) is 0 Å². The first-order valence-electron chi connectivity index (χ1n) is 9.53. The average molecular weight is 373 g/mol. The van der Waals surface area contributed by atoms with E-state index in [2.05, 4.69) is 35.5 Å². The Hall–Kier alpha value is -3.21. The van der Waals surface area contributed by atoms with Gasteiger partial charge in [0, 0.05) is 23.7 Å². The number of rotatable bonds is 4. The number of fused-ring (bicyclic) bond motifs is 1. The minimum Gasteiger partial charge on any atom is -0.346 e. The highest BCUT2D eigenvalue weighted by molar-refractivity contribution is 5.83. The summed E-state index contributed by atoms with van der Waals surface area (Å²) in [6.07, 6.45) is 2.80. The lowest BCUT2D eigenvalue weighted by Crippen LogP contribution is -2.12. The topological polar surface area (TPSA) is 60.9 Å². The largest absolute Gasteiger partial charge is 0.346 e. The Kier molecular flexibility index (Phi) is 4.59. The van der Waals surface area contributed by atoms with Crippen molar-refractivity contribution in [2.24, 2.45) is 0 Å². The average Bonchev–Trinajstić information content (AvgIpc) is 3.16. The predicted molar refractivity (Wildman–Crippen MR) is 111 cm³/mol. The SMILES string of the molecule is CCCn1cc(-c2nc(-c3ccc(C)c(C)c3)no2)c(=O)c2cc(C)ccc21. The van der Waals surface area contributed by atoms with E-state index in [0.29, 0.717) is 16.8 Å². The molecule has 0 fully saturated rings. The van der Waals surface area contributed by atoms with Crippen LogP contribution in [-0.4, -0.2) is 14.7 Å². The van der Waals surface area contributed by atoms with Gasteiger partial charge in [-0.2, -0.15) is 4.98 Å². The fraction of sp³-hybridized carbons (Fsp3) is 0.261. The standard InChI is InChI=1S/C23H23N3O2/c1-5-10-26-13-19(21(27)18-11-14(2)6-9-20(18)26)23-24-22(25-28-23)17-8-7-15(3)16(4)12-17/h6-9,11-13H,5,10H2,1-4H3. The molecule has 0 bridgehead atoms. The maximum Gasteiger partial charge on any atom is 0.263 e. The zero-order chi connectivity index (χ0) is 19.8. The van der Waals surface area contributed by atoms with Crippen molar-refractivity contribution in [3.63, 3.8) is 0 Å². The van der Waals surface area contributed by atoms with E-state index in [4.69, 9.17) is 4.52 Å². The second-order valence-corrected chi connectivity index (χ2v) is 7.31. The van der Waals surface area contributed by atoms with Gasteiger partial charge in [-0.15, -0.1) is 0 Å². The number of pyridine rings is 1. The van der Waals surface area contributed by atoms with Crippen LogP contribution in [0.1, 0.15) is 30.0 Å². The van der Waals surface area contributed by atoms with Crippen LogP contribution >= 0.6 is 0 Å². The monoisotopic (exact) mass is 373 g/mol. The van der Waals surface area contributed by atoms with Crippen LogP contribution in [0, 0.1) is 20.8 Å². The Balaban J connectivity index is 1.87. The molecule has 0 N–H and O–H groups in total. The molecule has 0 radical (unpaired) electrons. The highest BCUT2D eigenvalue weighted by Gasteiger charge is 2.17. The number of hydrogen-bond acceptors (Lipinski definition) is 4. The Morgan fingerprint density at radius 3 is 2.61 bits per heavy atom. The normalized spacial score (nSPS) is 11.3. The molecule has 5 heteroatoms. The van der Waals surface area contributed by atoms with Gasteiger partial charge in [0.1, 0.15) is 5.56 Å². The highest BCUT2D eigenvalue weighted by Crippen LogP contribution is 2.24. The third-order valence-corrected chi connectivity index (χ3v) is 5.12. The lowest BCUT2D eigenvalue weighted by molar-refractivity contribution is 0.431. The van der Waals surface area contributed by atoms with E-state index in [0.717, 1.165) is 35.2 Å². The molecule has 0 unspecified atom stereocenters. The van der Waals surface area contributed by atoms with Gasteiger partial charge in [0.15, 0.2) is 0 Å². The van der Waals surface area contributed by atoms with Crippen LogP contribution < -0.4 is 5.43 Å². The maximum atomic E-state index is 13.1. The molecule has 0 atom stereocenters. The van der Waals surface area contributed by atoms with Gasteiger partial charge < -0.3 is 9.09 Å². The molecule has 142 valence electrons. The molecule has 0 aliphatic rings. The van der Waals surface area contributed by atoms with Gasteiger partial charge in [0.2, 0.25) is 11.3 Å². The third kappa shape index (κ3) is 3.13. The van der Waals surface area contributed by atoms with Gasteiger partial charge in [-0.1, -0.05) is 35.8 Å². The van der Waals surface area contributed by atoms with Gasteiger partial charge in [0.25, 0.3) is 5.89 Å². The summed E-state index contributed by atoms with van der Waals surface area (Å²) in [5, 5.41) is 4.79. The summed E-state index contributed by atoms with van der Waals surface area (Å²) >= 11 is 0. The third-order valence-electron chi connectivity index (χ3n) is 5.12. The molecular weight excluding hydrogens is 350 g/mol. The molecule has 4 rings (SSSR count). The van der Waals surface area contributed by atoms with Gasteiger partial charge in [-0.3, -0.25) is 4.79 Å². The van der Waals surface area contributed by atoms with E-state index >= 15 is 0 Å². The molecule has 0 aliphatic heterocycles. The second kappa shape index (κ2) is 7.08. The van der Waals surface area contributed by atoms with Crippen molar-refractivity contribution in [1.82, 2.24) is 14.7 Å². The minimum absolute atomic E-state index is 0.0821. The zero-order valence-electron chi connectivity index (χ0n) is 16.6. The summed E-state index contributed by atoms with van der Waals surface area (Å²) < 4.78 is 7.58. The molecule has 2 heterocycles. The smallest absolute Gasteiger partial charge is 0.263 e. The van der Waals surface area contributed by atoms with Crippen LogP contribution in [0.25, 0.3) is 33.7 Å². The summed E-state index contributed by atoms with van der Waals surface area (Å²) in [5.41, 5.74) is 5.58. The van der Waals surface area contributed by atoms with Crippen LogP contribution in [0.5, 0.6) is 0 Å². The van der Waals surface area contributed by atoms with E-state index in [-0.39, 0.29) is 11.3 Å². The second-order valence-electron chi connectivity index (χ2n) is 7.31. The first-order valence-corrected chi connectivity index (χ1v) is 9.53. The predicted octanol–water partition coefficient (Wildman–Crippen LogP) is 5.05. The molecule has 4 aromatic rings. The molecule has 0 amide bonds. The van der Waals surface area contributed by atoms with Crippen molar-refractivity contribution in [3.8, 4) is 22.8 Å². The van der Waals surface area contributed by atoms with Crippen LogP contribution in [-0.2, 0) is 6.54 Å². The molecule has 0 saturated heterocycles. The molecular formula is C23H23N3O2. The molecule has 28 heavy (non-hydrogen) atoms. The van der Waals surface area contributed by atoms with Gasteiger partial charge in [0.05, 0.1) is 5.52 Å². The zero-order valence-corrected chi connectivity index (χ0v) is 16.6. The fourth-order valence-electron chi connectivity index (χ4n) is 3.42. The molecule has 2 aromatic heterocycles. The van der Waals surface area contributed by atoms with Crippen molar-refractivity contribution in [3.05, 3.63) is 69.5 Å². The van der Waals surface area contributed by atoms with Crippen molar-refractivity contribution < 1.29 is 4.52 Å². The van der Waals surface area contributed by atoms with Crippen LogP contribution in [0.2, 0.25) is 0 Å². The van der Waals surface area contributed by atoms with Gasteiger partial charge in [-0.05, 0) is 56.5 Å². The Labute approximate surface area is 163 Å². The quantitative estimate of drug-likeness (QED) is 0.502. The van der Waals surface area contributed by atoms with E-state index in [1.54, 1.807) is 0 Å². The first kappa shape index (κ1) is 18.2. The molecule has 2 aromatic carbocycles. The first-order chi connectivity index (χ1) is 13.5. The fourth-order valence-corrected chi connectivity index (χ4v) is 3.42. The van der Waals surface area contributed by atoms with E-state index in [1.165, 1.54) is 5.56 Å². The van der Waals surface area contributed by atoms with E-state index < -0.39 is 0 Å². The van der Waals surface area contributed by atoms with E-state index in [9.17, 15) is 4.79 Å². The Morgan fingerprint density at radius 2 is 1.86 bits per heavy atom. The van der Waals surface area contributed by atoms with Gasteiger partial charge >= 0.3 is 0 Å². The number of aryl methyl sites for hydroxylation is 4. The van der Waals surface area contributed by atoms with Crippen molar-refractivity contribution in [2.75, 3.05) is 0 Å². The summed E-state index contributed by atoms with van der Waals surface area (Å²) in [6, 6.07) is 12.0. The van der Waals surface area contributed by atoms with E-state index in [1.807, 2.05) is 49.5 Å². The Morgan fingerprint density at radius 1 is 1.04 bits per heavy atom. The van der Waals surface area contributed by atoms with Crippen molar-refractivity contribution >= 4 is 10.9 Å². The Bertz CT molecular complexity index is 1230. The summed E-state index contributed by atoms with van der Waals surface area (Å²) in [5.74, 6) is 0.746. The molecule has 5 nitrogen and oxygen atoms in total. The minimum atomic E-state index is -0.0821. The van der Waals surface area contributed by atoms with Crippen molar-refractivity contribution in [2.45, 2.75) is 40.7 Å². The molecule has 0 spiro atoms. The maximum absolute atomic E-state index is 13.1. The highest BCUT2D eigenvalue weighted by atomic mass is 16.5. The number of nitrogens with zero attached hydrogens (tertiary/aromatic N) is 3. The summed E-state index contributed by atoms with van der Waals surface area (Å²) in [4.78, 5) is 17.7. The molecule has 0 saturated carbocycles.